The van der Waals surface area contributed by atoms with E-state index in [1.807, 2.05) is 59.9 Å². The number of para-hydroxylation sites is 1. The summed E-state index contributed by atoms with van der Waals surface area (Å²) in [6.07, 6.45) is 0.426. The Hall–Kier alpha value is -3.11. The van der Waals surface area contributed by atoms with Gasteiger partial charge in [-0.15, -0.1) is 10.2 Å². The summed E-state index contributed by atoms with van der Waals surface area (Å²) in [6.45, 7) is 2.00. The Bertz CT molecular complexity index is 1200. The van der Waals surface area contributed by atoms with Gasteiger partial charge in [-0.2, -0.15) is 5.26 Å². The highest BCUT2D eigenvalue weighted by atomic mass is 32.2. The van der Waals surface area contributed by atoms with Crippen molar-refractivity contribution in [3.8, 4) is 11.8 Å². The van der Waals surface area contributed by atoms with Crippen molar-refractivity contribution in [1.29, 1.82) is 5.26 Å². The molecule has 2 aromatic heterocycles. The maximum absolute atomic E-state index is 13.1. The van der Waals surface area contributed by atoms with Crippen LogP contribution in [0.4, 0.5) is 0 Å². The Morgan fingerprint density at radius 2 is 1.88 bits per heavy atom. The first-order valence-electron chi connectivity index (χ1n) is 8.16. The lowest BCUT2D eigenvalue weighted by Crippen LogP contribution is -2.21. The number of nitriles is 1. The molecule has 128 valence electrons. The monoisotopic (exact) mass is 361 g/mol. The topological polar surface area (TPSA) is 76.0 Å². The fourth-order valence-electron chi connectivity index (χ4n) is 2.89. The standard InChI is InChI=1S/C19H15N5OS/c1-13-7-9-14(10-8-13)23-17(25)15-5-2-3-6-16(15)24-18(23)21-22-19(24)26-12-4-11-20/h2-3,5-10H,4,12H2,1H3. The third-order valence-electron chi connectivity index (χ3n) is 4.13. The predicted molar refractivity (Wildman–Crippen MR) is 102 cm³/mol. The van der Waals surface area contributed by atoms with Crippen molar-refractivity contribution in [1.82, 2.24) is 19.2 Å². The smallest absolute Gasteiger partial charge is 0.267 e. The number of aryl methyl sites for hydroxylation is 1. The van der Waals surface area contributed by atoms with Crippen LogP contribution in [-0.4, -0.2) is 24.9 Å². The molecule has 7 heteroatoms. The van der Waals surface area contributed by atoms with E-state index in [0.29, 0.717) is 28.5 Å². The summed E-state index contributed by atoms with van der Waals surface area (Å²) in [4.78, 5) is 13.1. The first-order chi connectivity index (χ1) is 12.7. The first kappa shape index (κ1) is 16.4. The fourth-order valence-corrected chi connectivity index (χ4v) is 3.67. The number of aromatic nitrogens is 4. The minimum Gasteiger partial charge on any atom is -0.268 e. The summed E-state index contributed by atoms with van der Waals surface area (Å²) in [7, 11) is 0. The molecule has 4 aromatic rings. The van der Waals surface area contributed by atoms with E-state index in [0.717, 1.165) is 16.8 Å². The molecule has 0 atom stereocenters. The third-order valence-corrected chi connectivity index (χ3v) is 5.06. The van der Waals surface area contributed by atoms with Crippen LogP contribution in [0, 0.1) is 18.3 Å². The van der Waals surface area contributed by atoms with Crippen molar-refractivity contribution in [2.75, 3.05) is 5.75 Å². The van der Waals surface area contributed by atoms with Gasteiger partial charge in [0.15, 0.2) is 5.16 Å². The third kappa shape index (κ3) is 2.65. The van der Waals surface area contributed by atoms with Gasteiger partial charge >= 0.3 is 0 Å². The summed E-state index contributed by atoms with van der Waals surface area (Å²) in [6, 6.07) is 17.3. The van der Waals surface area contributed by atoms with Crippen molar-refractivity contribution in [2.45, 2.75) is 18.5 Å². The molecule has 0 N–H and O–H groups in total. The van der Waals surface area contributed by atoms with Crippen LogP contribution in [0.25, 0.3) is 22.4 Å². The number of hydrogen-bond donors (Lipinski definition) is 0. The maximum Gasteiger partial charge on any atom is 0.267 e. The highest BCUT2D eigenvalue weighted by molar-refractivity contribution is 7.99. The van der Waals surface area contributed by atoms with Crippen LogP contribution < -0.4 is 5.56 Å². The molecule has 0 bridgehead atoms. The molecule has 0 aliphatic heterocycles. The van der Waals surface area contributed by atoms with Crippen LogP contribution >= 0.6 is 11.8 Å². The van der Waals surface area contributed by atoms with Crippen LogP contribution in [0.15, 0.2) is 58.5 Å². The van der Waals surface area contributed by atoms with E-state index in [1.54, 1.807) is 4.57 Å². The molecule has 26 heavy (non-hydrogen) atoms. The van der Waals surface area contributed by atoms with Gasteiger partial charge in [0.05, 0.1) is 22.7 Å². The van der Waals surface area contributed by atoms with Gasteiger partial charge in [-0.1, -0.05) is 41.6 Å². The predicted octanol–water partition coefficient (Wildman–Crippen LogP) is 3.35. The molecule has 6 nitrogen and oxygen atoms in total. The summed E-state index contributed by atoms with van der Waals surface area (Å²) < 4.78 is 3.47. The molecule has 0 saturated carbocycles. The summed E-state index contributed by atoms with van der Waals surface area (Å²) >= 11 is 1.46. The van der Waals surface area contributed by atoms with Gasteiger partial charge in [-0.3, -0.25) is 9.20 Å². The van der Waals surface area contributed by atoms with E-state index in [9.17, 15) is 4.79 Å². The van der Waals surface area contributed by atoms with Crippen molar-refractivity contribution < 1.29 is 0 Å². The quantitative estimate of drug-likeness (QED) is 0.411. The number of benzene rings is 2. The highest BCUT2D eigenvalue weighted by Gasteiger charge is 2.17. The van der Waals surface area contributed by atoms with E-state index in [1.165, 1.54) is 11.8 Å². The van der Waals surface area contributed by atoms with Crippen molar-refractivity contribution in [3.63, 3.8) is 0 Å². The molecule has 0 unspecified atom stereocenters. The summed E-state index contributed by atoms with van der Waals surface area (Å²) in [5.74, 6) is 1.09. The van der Waals surface area contributed by atoms with Gasteiger partial charge in [0.25, 0.3) is 5.56 Å². The second-order valence-electron chi connectivity index (χ2n) is 5.87. The van der Waals surface area contributed by atoms with Crippen molar-refractivity contribution in [3.05, 3.63) is 64.4 Å². The van der Waals surface area contributed by atoms with Crippen LogP contribution in [0.1, 0.15) is 12.0 Å². The van der Waals surface area contributed by atoms with E-state index in [-0.39, 0.29) is 5.56 Å². The Kier molecular flexibility index (Phi) is 4.19. The first-order valence-corrected chi connectivity index (χ1v) is 9.15. The number of hydrogen-bond acceptors (Lipinski definition) is 5. The van der Waals surface area contributed by atoms with E-state index < -0.39 is 0 Å². The molecular formula is C19H15N5OS. The second-order valence-corrected chi connectivity index (χ2v) is 6.93. The number of nitrogens with zero attached hydrogens (tertiary/aromatic N) is 5. The fraction of sp³-hybridized carbons (Fsp3) is 0.158. The Morgan fingerprint density at radius 3 is 2.65 bits per heavy atom. The van der Waals surface area contributed by atoms with Gasteiger partial charge in [-0.25, -0.2) is 4.57 Å². The zero-order chi connectivity index (χ0) is 18.1. The van der Waals surface area contributed by atoms with Gasteiger partial charge < -0.3 is 0 Å². The number of thioether (sulfide) groups is 1. The van der Waals surface area contributed by atoms with E-state index >= 15 is 0 Å². The molecule has 0 amide bonds. The van der Waals surface area contributed by atoms with Crippen LogP contribution in [0.2, 0.25) is 0 Å². The van der Waals surface area contributed by atoms with Gasteiger partial charge in [-0.05, 0) is 31.2 Å². The zero-order valence-electron chi connectivity index (χ0n) is 14.1. The van der Waals surface area contributed by atoms with Gasteiger partial charge in [0, 0.05) is 12.2 Å². The zero-order valence-corrected chi connectivity index (χ0v) is 14.9. The lowest BCUT2D eigenvalue weighted by molar-refractivity contribution is 0.930. The molecule has 0 saturated heterocycles. The van der Waals surface area contributed by atoms with Crippen LogP contribution in [0.3, 0.4) is 0 Å². The lowest BCUT2D eigenvalue weighted by Gasteiger charge is -2.11. The Morgan fingerprint density at radius 1 is 1.12 bits per heavy atom. The SMILES string of the molecule is Cc1ccc(-n2c(=O)c3ccccc3n3c(SCCC#N)nnc23)cc1. The molecule has 0 spiro atoms. The lowest BCUT2D eigenvalue weighted by atomic mass is 10.2. The molecule has 0 aliphatic carbocycles. The average Bonchev–Trinajstić information content (AvgIpc) is 3.07. The van der Waals surface area contributed by atoms with Crippen molar-refractivity contribution >= 4 is 28.4 Å². The van der Waals surface area contributed by atoms with Crippen molar-refractivity contribution in [2.24, 2.45) is 0 Å². The molecule has 0 radical (unpaired) electrons. The van der Waals surface area contributed by atoms with E-state index in [2.05, 4.69) is 16.3 Å². The Labute approximate surface area is 153 Å². The molecule has 0 fully saturated rings. The molecule has 4 rings (SSSR count). The van der Waals surface area contributed by atoms with Crippen LogP contribution in [0.5, 0.6) is 0 Å². The largest absolute Gasteiger partial charge is 0.268 e. The van der Waals surface area contributed by atoms with Crippen LogP contribution in [-0.2, 0) is 0 Å². The number of fused-ring (bicyclic) bond motifs is 3. The average molecular weight is 361 g/mol. The summed E-state index contributed by atoms with van der Waals surface area (Å²) in [5, 5.41) is 18.6. The molecule has 2 heterocycles. The Balaban J connectivity index is 2.05. The molecular weight excluding hydrogens is 346 g/mol. The molecule has 0 aliphatic rings. The van der Waals surface area contributed by atoms with E-state index in [4.69, 9.17) is 5.26 Å². The molecule has 2 aromatic carbocycles. The van der Waals surface area contributed by atoms with Gasteiger partial charge in [0.2, 0.25) is 5.78 Å². The minimum atomic E-state index is -0.127. The minimum absolute atomic E-state index is 0.127. The number of rotatable bonds is 4. The highest BCUT2D eigenvalue weighted by Crippen LogP contribution is 2.23. The summed E-state index contributed by atoms with van der Waals surface area (Å²) in [5.41, 5.74) is 2.50. The maximum atomic E-state index is 13.1. The second kappa shape index (κ2) is 6.65. The van der Waals surface area contributed by atoms with Gasteiger partial charge in [0.1, 0.15) is 0 Å². The normalized spacial score (nSPS) is 11.1.